The monoisotopic (exact) mass is 306 g/mol. The van der Waals surface area contributed by atoms with Crippen molar-refractivity contribution in [3.8, 4) is 0 Å². The van der Waals surface area contributed by atoms with Crippen molar-refractivity contribution in [3.63, 3.8) is 0 Å². The average molecular weight is 306 g/mol. The summed E-state index contributed by atoms with van der Waals surface area (Å²) < 4.78 is 17.2. The van der Waals surface area contributed by atoms with Crippen LogP contribution in [-0.4, -0.2) is 26.3 Å². The smallest absolute Gasteiger partial charge is 0.371 e. The zero-order chi connectivity index (χ0) is 15.4. The minimum Gasteiger partial charge on any atom is -0.475 e. The maximum atomic E-state index is 12.2. The highest BCUT2D eigenvalue weighted by molar-refractivity contribution is 7.85. The van der Waals surface area contributed by atoms with Crippen LogP contribution < -0.4 is 0 Å². The topological polar surface area (TPSA) is 84.6 Å². The van der Waals surface area contributed by atoms with Crippen molar-refractivity contribution in [2.75, 3.05) is 0 Å². The number of carbonyl (C=O) groups excluding carboxylic acids is 1. The van der Waals surface area contributed by atoms with E-state index in [-0.39, 0.29) is 17.3 Å². The number of furan rings is 1. The van der Waals surface area contributed by atoms with Crippen molar-refractivity contribution >= 4 is 22.6 Å². The van der Waals surface area contributed by atoms with E-state index < -0.39 is 22.0 Å². The van der Waals surface area contributed by atoms with Crippen molar-refractivity contribution in [1.82, 2.24) is 0 Å². The molecule has 0 bridgehead atoms. The molecule has 1 N–H and O–H groups in total. The summed E-state index contributed by atoms with van der Waals surface area (Å²) in [5.41, 5.74) is 0.504. The molecule has 2 unspecified atom stereocenters. The van der Waals surface area contributed by atoms with Gasteiger partial charge in [0.05, 0.1) is 11.0 Å². The van der Waals surface area contributed by atoms with Gasteiger partial charge in [0.2, 0.25) is 5.76 Å². The molecule has 0 aliphatic rings. The number of Topliss-reactive ketones (excluding diaryl/α,β-unsaturated/α-hetero) is 1. The molecule has 0 saturated carbocycles. The van der Waals surface area contributed by atoms with Gasteiger partial charge in [-0.3, -0.25) is 9.00 Å². The van der Waals surface area contributed by atoms with Crippen LogP contribution in [0.1, 0.15) is 33.6 Å². The first kappa shape index (κ1) is 15.2. The fourth-order valence-corrected chi connectivity index (χ4v) is 2.85. The van der Waals surface area contributed by atoms with Crippen LogP contribution in [0.25, 0.3) is 0 Å². The van der Waals surface area contributed by atoms with Gasteiger partial charge in [0.25, 0.3) is 0 Å². The van der Waals surface area contributed by atoms with Gasteiger partial charge in [-0.25, -0.2) is 4.79 Å². The minimum absolute atomic E-state index is 0.00696. The Morgan fingerprint density at radius 1 is 1.19 bits per heavy atom. The Bertz CT molecular complexity index is 674. The second-order valence-corrected chi connectivity index (χ2v) is 6.23. The quantitative estimate of drug-likeness (QED) is 0.829. The molecule has 1 aromatic heterocycles. The highest BCUT2D eigenvalue weighted by atomic mass is 32.2. The van der Waals surface area contributed by atoms with Crippen molar-refractivity contribution in [2.24, 2.45) is 0 Å². The number of carboxylic acid groups (broad SMARTS) is 1. The first-order valence-electron chi connectivity index (χ1n) is 6.27. The highest BCUT2D eigenvalue weighted by Gasteiger charge is 2.22. The number of hydrogen-bond acceptors (Lipinski definition) is 4. The van der Waals surface area contributed by atoms with E-state index in [0.29, 0.717) is 11.3 Å². The van der Waals surface area contributed by atoms with E-state index in [9.17, 15) is 13.8 Å². The molecule has 21 heavy (non-hydrogen) atoms. The maximum absolute atomic E-state index is 12.2. The zero-order valence-electron chi connectivity index (χ0n) is 11.3. The molecule has 2 aromatic rings. The second kappa shape index (κ2) is 6.49. The summed E-state index contributed by atoms with van der Waals surface area (Å²) in [6.07, 6.45) is 0. The lowest BCUT2D eigenvalue weighted by Crippen LogP contribution is -2.23. The van der Waals surface area contributed by atoms with Gasteiger partial charge < -0.3 is 9.52 Å². The molecule has 0 amide bonds. The van der Waals surface area contributed by atoms with Crippen LogP contribution in [0.3, 0.4) is 0 Å². The number of hydrogen-bond donors (Lipinski definition) is 1. The van der Waals surface area contributed by atoms with Crippen molar-refractivity contribution in [3.05, 3.63) is 59.5 Å². The third kappa shape index (κ3) is 3.66. The van der Waals surface area contributed by atoms with Crippen LogP contribution in [0.2, 0.25) is 0 Å². The molecule has 110 valence electrons. The van der Waals surface area contributed by atoms with E-state index >= 15 is 0 Å². The Morgan fingerprint density at radius 3 is 2.43 bits per heavy atom. The highest BCUT2D eigenvalue weighted by Crippen LogP contribution is 2.15. The van der Waals surface area contributed by atoms with E-state index in [0.717, 1.165) is 0 Å². The van der Waals surface area contributed by atoms with Crippen LogP contribution in [-0.2, 0) is 16.6 Å². The SMILES string of the molecule is CC(C(=O)c1ccccc1)S(=O)Cc1ccc(C(=O)O)o1. The Balaban J connectivity index is 2.05. The standard InChI is InChI=1S/C15H14O5S/c1-10(14(16)11-5-3-2-4-6-11)21(19)9-12-7-8-13(20-12)15(17)18/h2-8,10H,9H2,1H3,(H,17,18). The fraction of sp³-hybridized carbons (Fsp3) is 0.200. The van der Waals surface area contributed by atoms with Crippen LogP contribution in [0.4, 0.5) is 0 Å². The molecule has 2 rings (SSSR count). The van der Waals surface area contributed by atoms with Gasteiger partial charge in [0, 0.05) is 16.4 Å². The Labute approximate surface area is 124 Å². The molecule has 5 nitrogen and oxygen atoms in total. The molecule has 1 heterocycles. The molecule has 6 heteroatoms. The summed E-state index contributed by atoms with van der Waals surface area (Å²) in [7, 11) is -1.48. The molecule has 0 saturated heterocycles. The summed E-state index contributed by atoms with van der Waals surface area (Å²) >= 11 is 0. The van der Waals surface area contributed by atoms with Crippen molar-refractivity contribution in [1.29, 1.82) is 0 Å². The Hall–Kier alpha value is -2.21. The normalized spacial score (nSPS) is 13.6. The van der Waals surface area contributed by atoms with E-state index in [4.69, 9.17) is 9.52 Å². The van der Waals surface area contributed by atoms with Crippen LogP contribution in [0.15, 0.2) is 46.9 Å². The van der Waals surface area contributed by atoms with Gasteiger partial charge in [-0.2, -0.15) is 0 Å². The van der Waals surface area contributed by atoms with Crippen LogP contribution in [0.5, 0.6) is 0 Å². The van der Waals surface area contributed by atoms with Gasteiger partial charge in [0.1, 0.15) is 5.76 Å². The predicted molar refractivity (Wildman–Crippen MR) is 77.7 cm³/mol. The average Bonchev–Trinajstić information content (AvgIpc) is 2.95. The van der Waals surface area contributed by atoms with Gasteiger partial charge in [-0.15, -0.1) is 0 Å². The number of ketones is 1. The molecule has 0 fully saturated rings. The molecular weight excluding hydrogens is 292 g/mol. The molecule has 0 aliphatic carbocycles. The van der Waals surface area contributed by atoms with Crippen LogP contribution >= 0.6 is 0 Å². The molecule has 0 aliphatic heterocycles. The van der Waals surface area contributed by atoms with Gasteiger partial charge in [-0.1, -0.05) is 30.3 Å². The summed E-state index contributed by atoms with van der Waals surface area (Å²) in [4.78, 5) is 22.9. The minimum atomic E-state index is -1.48. The second-order valence-electron chi connectivity index (χ2n) is 4.47. The van der Waals surface area contributed by atoms with E-state index in [1.165, 1.54) is 12.1 Å². The number of aromatic carboxylic acids is 1. The fourth-order valence-electron chi connectivity index (χ4n) is 1.79. The Kier molecular flexibility index (Phi) is 4.70. The molecule has 0 radical (unpaired) electrons. The first-order valence-corrected chi connectivity index (χ1v) is 7.65. The lowest BCUT2D eigenvalue weighted by Gasteiger charge is -2.09. The van der Waals surface area contributed by atoms with Gasteiger partial charge in [0.15, 0.2) is 5.78 Å². The number of carbonyl (C=O) groups is 2. The zero-order valence-corrected chi connectivity index (χ0v) is 12.1. The summed E-state index contributed by atoms with van der Waals surface area (Å²) in [6.45, 7) is 1.59. The lowest BCUT2D eigenvalue weighted by molar-refractivity contribution is 0.0660. The predicted octanol–water partition coefficient (Wildman–Crippen LogP) is 2.50. The van der Waals surface area contributed by atoms with Gasteiger partial charge in [-0.05, 0) is 19.1 Å². The largest absolute Gasteiger partial charge is 0.475 e. The number of carboxylic acids is 1. The first-order chi connectivity index (χ1) is 9.99. The summed E-state index contributed by atoms with van der Waals surface area (Å²) in [5.74, 6) is -1.30. The van der Waals surface area contributed by atoms with Crippen molar-refractivity contribution in [2.45, 2.75) is 17.9 Å². The molecule has 0 spiro atoms. The Morgan fingerprint density at radius 2 is 1.86 bits per heavy atom. The number of benzene rings is 1. The van der Waals surface area contributed by atoms with E-state index in [1.807, 2.05) is 0 Å². The van der Waals surface area contributed by atoms with Crippen molar-refractivity contribution < 1.29 is 23.3 Å². The molecule has 2 atom stereocenters. The van der Waals surface area contributed by atoms with Gasteiger partial charge >= 0.3 is 5.97 Å². The third-order valence-corrected chi connectivity index (χ3v) is 4.55. The molecular formula is C15H14O5S. The summed E-state index contributed by atoms with van der Waals surface area (Å²) in [5, 5.41) is 8.07. The van der Waals surface area contributed by atoms with E-state index in [1.54, 1.807) is 37.3 Å². The number of rotatable bonds is 6. The third-order valence-electron chi connectivity index (χ3n) is 2.98. The van der Waals surface area contributed by atoms with E-state index in [2.05, 4.69) is 0 Å². The maximum Gasteiger partial charge on any atom is 0.371 e. The van der Waals surface area contributed by atoms with Crippen LogP contribution in [0, 0.1) is 0 Å². The lowest BCUT2D eigenvalue weighted by atomic mass is 10.1. The molecule has 1 aromatic carbocycles. The summed E-state index contributed by atoms with van der Waals surface area (Å²) in [6, 6.07) is 11.4.